The molecule has 0 bridgehead atoms. The van der Waals surface area contributed by atoms with E-state index in [2.05, 4.69) is 6.92 Å². The molecular formula is C10H26N2O6P2. The molecule has 0 radical (unpaired) electrons. The molecule has 0 heterocycles. The first-order valence-corrected chi connectivity index (χ1v) is 9.85. The summed E-state index contributed by atoms with van der Waals surface area (Å²) < 4.78 is 22.6. The van der Waals surface area contributed by atoms with E-state index in [0.29, 0.717) is 25.7 Å². The number of nitrogens with two attached hydrogens (primary N) is 2. The molecule has 1 aliphatic rings. The molecule has 8 N–H and O–H groups in total. The van der Waals surface area contributed by atoms with Crippen LogP contribution in [0.1, 0.15) is 45.4 Å². The Morgan fingerprint density at radius 1 is 1.05 bits per heavy atom. The third-order valence-corrected chi connectivity index (χ3v) is 7.59. The van der Waals surface area contributed by atoms with Crippen LogP contribution >= 0.6 is 15.2 Å². The van der Waals surface area contributed by atoms with Crippen molar-refractivity contribution in [3.8, 4) is 0 Å². The van der Waals surface area contributed by atoms with E-state index in [1.165, 1.54) is 0 Å². The van der Waals surface area contributed by atoms with E-state index in [0.717, 1.165) is 19.4 Å². The standard InChI is InChI=1S/C7H17NO6P2.C3H9N/c8-7(15(9,10)11,16(12,13)14)6-4-2-1-3-5-6;1-2-3-4/h6H,1-5,8H2,(H2,9,10,11)(H2,12,13,14);2-4H2,1H3. The van der Waals surface area contributed by atoms with Gasteiger partial charge in [0, 0.05) is 5.92 Å². The molecule has 0 spiro atoms. The highest BCUT2D eigenvalue weighted by Gasteiger charge is 2.61. The highest BCUT2D eigenvalue weighted by Crippen LogP contribution is 2.70. The van der Waals surface area contributed by atoms with Crippen molar-refractivity contribution in [1.82, 2.24) is 0 Å². The zero-order valence-electron chi connectivity index (χ0n) is 11.7. The highest BCUT2D eigenvalue weighted by atomic mass is 31.2. The lowest BCUT2D eigenvalue weighted by Gasteiger charge is -2.39. The molecule has 0 aromatic rings. The van der Waals surface area contributed by atoms with Crippen molar-refractivity contribution in [1.29, 1.82) is 0 Å². The van der Waals surface area contributed by atoms with Crippen molar-refractivity contribution in [2.45, 2.75) is 50.5 Å². The maximum absolute atomic E-state index is 11.3. The molecule has 1 fully saturated rings. The van der Waals surface area contributed by atoms with Crippen LogP contribution in [-0.4, -0.2) is 31.1 Å². The van der Waals surface area contributed by atoms with Gasteiger partial charge < -0.3 is 31.0 Å². The molecule has 10 heteroatoms. The normalized spacial score (nSPS) is 18.4. The zero-order valence-corrected chi connectivity index (χ0v) is 13.5. The Morgan fingerprint density at radius 2 is 1.40 bits per heavy atom. The summed E-state index contributed by atoms with van der Waals surface area (Å²) in [5.41, 5.74) is 10.4. The number of hydrogen-bond acceptors (Lipinski definition) is 4. The molecule has 0 saturated heterocycles. The molecule has 0 atom stereocenters. The van der Waals surface area contributed by atoms with E-state index in [-0.39, 0.29) is 0 Å². The Hall–Kier alpha value is 0.220. The largest absolute Gasteiger partial charge is 0.357 e. The van der Waals surface area contributed by atoms with Gasteiger partial charge in [-0.3, -0.25) is 9.13 Å². The van der Waals surface area contributed by atoms with Crippen LogP contribution in [-0.2, 0) is 9.13 Å². The topological polar surface area (TPSA) is 167 Å². The Balaban J connectivity index is 0.000000796. The Bertz CT molecular complexity index is 350. The third-order valence-electron chi connectivity index (χ3n) is 3.43. The zero-order chi connectivity index (χ0) is 16.0. The Labute approximate surface area is 119 Å². The predicted molar refractivity (Wildman–Crippen MR) is 76.9 cm³/mol. The summed E-state index contributed by atoms with van der Waals surface area (Å²) >= 11 is 0. The van der Waals surface area contributed by atoms with Gasteiger partial charge in [-0.1, -0.05) is 26.2 Å². The summed E-state index contributed by atoms with van der Waals surface area (Å²) in [5.74, 6) is -0.831. The van der Waals surface area contributed by atoms with Crippen LogP contribution in [0.5, 0.6) is 0 Å². The van der Waals surface area contributed by atoms with E-state index >= 15 is 0 Å². The lowest BCUT2D eigenvalue weighted by atomic mass is 9.89. The molecular weight excluding hydrogens is 306 g/mol. The van der Waals surface area contributed by atoms with Gasteiger partial charge in [0.05, 0.1) is 0 Å². The fraction of sp³-hybridized carbons (Fsp3) is 1.00. The van der Waals surface area contributed by atoms with Crippen molar-refractivity contribution in [2.24, 2.45) is 17.4 Å². The smallest absolute Gasteiger partial charge is 0.330 e. The van der Waals surface area contributed by atoms with Crippen molar-refractivity contribution in [3.05, 3.63) is 0 Å². The maximum Gasteiger partial charge on any atom is 0.357 e. The number of rotatable bonds is 4. The van der Waals surface area contributed by atoms with Crippen LogP contribution in [0.3, 0.4) is 0 Å². The highest BCUT2D eigenvalue weighted by molar-refractivity contribution is 7.72. The molecule has 1 rings (SSSR count). The van der Waals surface area contributed by atoms with Gasteiger partial charge in [-0.2, -0.15) is 0 Å². The van der Waals surface area contributed by atoms with E-state index in [1.807, 2.05) is 0 Å². The second-order valence-corrected chi connectivity index (χ2v) is 9.00. The molecule has 1 aliphatic carbocycles. The van der Waals surface area contributed by atoms with E-state index in [1.54, 1.807) is 0 Å². The Kier molecular flexibility index (Phi) is 8.10. The van der Waals surface area contributed by atoms with Gasteiger partial charge in [-0.05, 0) is 25.8 Å². The van der Waals surface area contributed by atoms with Crippen molar-refractivity contribution in [2.75, 3.05) is 6.54 Å². The minimum Gasteiger partial charge on any atom is -0.330 e. The van der Waals surface area contributed by atoms with E-state index in [4.69, 9.17) is 31.0 Å². The first kappa shape index (κ1) is 20.2. The molecule has 0 unspecified atom stereocenters. The second kappa shape index (κ2) is 8.01. The SMILES string of the molecule is CCCN.NC(C1CCCCC1)(P(=O)(O)O)P(=O)(O)O. The second-order valence-electron chi connectivity index (χ2n) is 4.99. The molecule has 0 amide bonds. The van der Waals surface area contributed by atoms with Gasteiger partial charge in [0.1, 0.15) is 0 Å². The fourth-order valence-electron chi connectivity index (χ4n) is 2.17. The first-order chi connectivity index (χ1) is 9.02. The molecule has 20 heavy (non-hydrogen) atoms. The van der Waals surface area contributed by atoms with Crippen LogP contribution in [0, 0.1) is 5.92 Å². The summed E-state index contributed by atoms with van der Waals surface area (Å²) in [6.45, 7) is 2.88. The van der Waals surface area contributed by atoms with Crippen molar-refractivity contribution < 1.29 is 28.7 Å². The van der Waals surface area contributed by atoms with Crippen LogP contribution in [0.4, 0.5) is 0 Å². The van der Waals surface area contributed by atoms with Gasteiger partial charge in [0.25, 0.3) is 0 Å². The van der Waals surface area contributed by atoms with Crippen LogP contribution < -0.4 is 11.5 Å². The van der Waals surface area contributed by atoms with Gasteiger partial charge in [-0.15, -0.1) is 0 Å². The molecule has 8 nitrogen and oxygen atoms in total. The van der Waals surface area contributed by atoms with Crippen LogP contribution in [0.2, 0.25) is 0 Å². The molecule has 122 valence electrons. The third kappa shape index (κ3) is 4.90. The van der Waals surface area contributed by atoms with Gasteiger partial charge >= 0.3 is 15.2 Å². The summed E-state index contributed by atoms with van der Waals surface area (Å²) in [6, 6.07) is 0. The Morgan fingerprint density at radius 3 is 1.65 bits per heavy atom. The van der Waals surface area contributed by atoms with E-state index < -0.39 is 26.1 Å². The maximum atomic E-state index is 11.3. The average Bonchev–Trinajstić information content (AvgIpc) is 2.36. The molecule has 0 aliphatic heterocycles. The molecule has 0 aromatic carbocycles. The van der Waals surface area contributed by atoms with Crippen LogP contribution in [0.25, 0.3) is 0 Å². The molecule has 1 saturated carbocycles. The number of hydrogen-bond donors (Lipinski definition) is 6. The lowest BCUT2D eigenvalue weighted by molar-refractivity contribution is 0.235. The molecule has 0 aromatic heterocycles. The summed E-state index contributed by atoms with van der Waals surface area (Å²) in [4.78, 5) is 36.5. The summed E-state index contributed by atoms with van der Waals surface area (Å²) in [7, 11) is -10.1. The van der Waals surface area contributed by atoms with Crippen LogP contribution in [0.15, 0.2) is 0 Å². The minimum absolute atomic E-state index is 0.340. The van der Waals surface area contributed by atoms with Gasteiger partial charge in [0.2, 0.25) is 5.02 Å². The quantitative estimate of drug-likeness (QED) is 0.413. The average molecular weight is 332 g/mol. The van der Waals surface area contributed by atoms with E-state index in [9.17, 15) is 9.13 Å². The lowest BCUT2D eigenvalue weighted by Crippen LogP contribution is -2.47. The first-order valence-electron chi connectivity index (χ1n) is 6.62. The summed E-state index contributed by atoms with van der Waals surface area (Å²) in [5, 5.41) is -2.72. The van der Waals surface area contributed by atoms with Gasteiger partial charge in [-0.25, -0.2) is 0 Å². The van der Waals surface area contributed by atoms with Crippen molar-refractivity contribution in [3.63, 3.8) is 0 Å². The van der Waals surface area contributed by atoms with Crippen molar-refractivity contribution >= 4 is 15.2 Å². The predicted octanol–water partition coefficient (Wildman–Crippen LogP) is 0.890. The van der Waals surface area contributed by atoms with Gasteiger partial charge in [0.15, 0.2) is 0 Å². The monoisotopic (exact) mass is 332 g/mol. The summed E-state index contributed by atoms with van der Waals surface area (Å²) in [6.07, 6.45) is 4.04. The fourth-order valence-corrected chi connectivity index (χ4v) is 5.00. The minimum atomic E-state index is -5.06.